The van der Waals surface area contributed by atoms with Crippen molar-refractivity contribution in [2.24, 2.45) is 10.9 Å². The average Bonchev–Trinajstić information content (AvgIpc) is 3.07. The van der Waals surface area contributed by atoms with Gasteiger partial charge in [-0.1, -0.05) is 26.0 Å². The molecule has 1 saturated heterocycles. The van der Waals surface area contributed by atoms with Gasteiger partial charge in [-0.25, -0.2) is 4.39 Å². The van der Waals surface area contributed by atoms with Crippen molar-refractivity contribution in [3.8, 4) is 0 Å². The smallest absolute Gasteiger partial charge is 0.225 e. The SMILES string of the molecule is CCNC(=NCCSc1ccccc1F)NC1CCN(C(=O)C(C)C)C1.I. The summed E-state index contributed by atoms with van der Waals surface area (Å²) in [5.41, 5.74) is 0. The maximum Gasteiger partial charge on any atom is 0.225 e. The van der Waals surface area contributed by atoms with Crippen molar-refractivity contribution in [1.82, 2.24) is 15.5 Å². The van der Waals surface area contributed by atoms with E-state index in [1.807, 2.05) is 31.7 Å². The van der Waals surface area contributed by atoms with Gasteiger partial charge in [-0.15, -0.1) is 35.7 Å². The van der Waals surface area contributed by atoms with Gasteiger partial charge in [-0.05, 0) is 25.5 Å². The quantitative estimate of drug-likeness (QED) is 0.195. The maximum absolute atomic E-state index is 13.6. The fourth-order valence-electron chi connectivity index (χ4n) is 2.83. The van der Waals surface area contributed by atoms with E-state index in [-0.39, 0.29) is 47.7 Å². The first-order valence-electron chi connectivity index (χ1n) is 9.22. The molecule has 2 N–H and O–H groups in total. The molecule has 1 aromatic carbocycles. The molecule has 1 aliphatic heterocycles. The number of guanidine groups is 1. The van der Waals surface area contributed by atoms with E-state index in [0.29, 0.717) is 23.7 Å². The highest BCUT2D eigenvalue weighted by molar-refractivity contribution is 14.0. The molecule has 1 fully saturated rings. The van der Waals surface area contributed by atoms with Gasteiger partial charge in [0.2, 0.25) is 5.91 Å². The van der Waals surface area contributed by atoms with Crippen LogP contribution in [0.15, 0.2) is 34.2 Å². The van der Waals surface area contributed by atoms with Gasteiger partial charge in [-0.2, -0.15) is 0 Å². The van der Waals surface area contributed by atoms with Crippen LogP contribution in [0.1, 0.15) is 27.2 Å². The minimum absolute atomic E-state index is 0. The summed E-state index contributed by atoms with van der Waals surface area (Å²) >= 11 is 1.47. The van der Waals surface area contributed by atoms with E-state index in [9.17, 15) is 9.18 Å². The van der Waals surface area contributed by atoms with Crippen LogP contribution < -0.4 is 10.6 Å². The zero-order valence-corrected chi connectivity index (χ0v) is 19.4. The molecular weight excluding hydrogens is 478 g/mol. The molecular formula is C19H30FIN4OS. The topological polar surface area (TPSA) is 56.7 Å². The standard InChI is InChI=1S/C19H29FN4OS.HI/c1-4-21-19(22-10-12-26-17-8-6-5-7-16(17)20)23-15-9-11-24(13-15)18(25)14(2)3;/h5-8,14-15H,4,9-13H2,1-3H3,(H2,21,22,23);1H. The third-order valence-electron chi connectivity index (χ3n) is 4.13. The van der Waals surface area contributed by atoms with Gasteiger partial charge in [0.05, 0.1) is 6.54 Å². The lowest BCUT2D eigenvalue weighted by atomic mass is 10.2. The molecule has 152 valence electrons. The number of halogens is 2. The Hall–Kier alpha value is -1.03. The predicted octanol–water partition coefficient (Wildman–Crippen LogP) is 3.35. The fourth-order valence-corrected chi connectivity index (χ4v) is 3.61. The first kappa shape index (κ1) is 24.0. The molecule has 1 aliphatic rings. The van der Waals surface area contributed by atoms with Crippen LogP contribution in [0, 0.1) is 11.7 Å². The first-order chi connectivity index (χ1) is 12.5. The summed E-state index contributed by atoms with van der Waals surface area (Å²) in [5.74, 6) is 1.52. The third-order valence-corrected chi connectivity index (χ3v) is 5.16. The Morgan fingerprint density at radius 2 is 2.15 bits per heavy atom. The number of hydrogen-bond acceptors (Lipinski definition) is 3. The van der Waals surface area contributed by atoms with Crippen LogP contribution in [0.3, 0.4) is 0 Å². The lowest BCUT2D eigenvalue weighted by Crippen LogP contribution is -2.45. The van der Waals surface area contributed by atoms with Gasteiger partial charge in [0.1, 0.15) is 5.82 Å². The maximum atomic E-state index is 13.6. The minimum atomic E-state index is -0.188. The van der Waals surface area contributed by atoms with Gasteiger partial charge >= 0.3 is 0 Å². The number of amides is 1. The molecule has 0 saturated carbocycles. The number of hydrogen-bond donors (Lipinski definition) is 2. The first-order valence-corrected chi connectivity index (χ1v) is 10.2. The third kappa shape index (κ3) is 7.85. The Labute approximate surface area is 183 Å². The van der Waals surface area contributed by atoms with Crippen LogP contribution in [-0.2, 0) is 4.79 Å². The second-order valence-electron chi connectivity index (χ2n) is 6.61. The fraction of sp³-hybridized carbons (Fsp3) is 0.579. The van der Waals surface area contributed by atoms with Crippen molar-refractivity contribution in [1.29, 1.82) is 0 Å². The van der Waals surface area contributed by atoms with Crippen LogP contribution in [0.2, 0.25) is 0 Å². The van der Waals surface area contributed by atoms with E-state index in [2.05, 4.69) is 15.6 Å². The monoisotopic (exact) mass is 508 g/mol. The Morgan fingerprint density at radius 1 is 1.41 bits per heavy atom. The van der Waals surface area contributed by atoms with E-state index < -0.39 is 0 Å². The Balaban J connectivity index is 0.00000364. The summed E-state index contributed by atoms with van der Waals surface area (Å²) in [7, 11) is 0. The van der Waals surface area contributed by atoms with Crippen molar-refractivity contribution >= 4 is 47.6 Å². The summed E-state index contributed by atoms with van der Waals surface area (Å²) in [6, 6.07) is 7.01. The number of nitrogens with one attached hydrogen (secondary N) is 2. The molecule has 0 spiro atoms. The van der Waals surface area contributed by atoms with E-state index in [0.717, 1.165) is 25.5 Å². The van der Waals surface area contributed by atoms with Crippen molar-refractivity contribution in [3.05, 3.63) is 30.1 Å². The summed E-state index contributed by atoms with van der Waals surface area (Å²) < 4.78 is 13.6. The number of likely N-dealkylation sites (tertiary alicyclic amines) is 1. The van der Waals surface area contributed by atoms with Crippen molar-refractivity contribution in [2.45, 2.75) is 38.1 Å². The van der Waals surface area contributed by atoms with Crippen molar-refractivity contribution < 1.29 is 9.18 Å². The zero-order valence-electron chi connectivity index (χ0n) is 16.2. The van der Waals surface area contributed by atoms with E-state index in [4.69, 9.17) is 0 Å². The van der Waals surface area contributed by atoms with Crippen molar-refractivity contribution in [2.75, 3.05) is 31.9 Å². The molecule has 0 bridgehead atoms. The second kappa shape index (κ2) is 12.4. The number of carbonyl (C=O) groups is 1. The number of rotatable bonds is 7. The molecule has 0 aliphatic carbocycles. The highest BCUT2D eigenvalue weighted by Crippen LogP contribution is 2.20. The Morgan fingerprint density at radius 3 is 2.81 bits per heavy atom. The minimum Gasteiger partial charge on any atom is -0.357 e. The molecule has 2 rings (SSSR count). The Kier molecular flexibility index (Phi) is 11.1. The normalized spacial score (nSPS) is 17.0. The van der Waals surface area contributed by atoms with Crippen LogP contribution in [-0.4, -0.2) is 54.7 Å². The number of nitrogens with zero attached hydrogens (tertiary/aromatic N) is 2. The molecule has 1 heterocycles. The molecule has 8 heteroatoms. The summed E-state index contributed by atoms with van der Waals surface area (Å²) in [4.78, 5) is 19.2. The van der Waals surface area contributed by atoms with E-state index in [1.165, 1.54) is 17.8 Å². The van der Waals surface area contributed by atoms with Crippen LogP contribution in [0.25, 0.3) is 0 Å². The van der Waals surface area contributed by atoms with Gasteiger partial charge in [0.25, 0.3) is 0 Å². The molecule has 0 radical (unpaired) electrons. The van der Waals surface area contributed by atoms with Crippen LogP contribution >= 0.6 is 35.7 Å². The highest BCUT2D eigenvalue weighted by atomic mass is 127. The van der Waals surface area contributed by atoms with Gasteiger partial charge in [-0.3, -0.25) is 9.79 Å². The zero-order chi connectivity index (χ0) is 18.9. The highest BCUT2D eigenvalue weighted by Gasteiger charge is 2.27. The largest absolute Gasteiger partial charge is 0.357 e. The second-order valence-corrected chi connectivity index (χ2v) is 7.75. The number of aliphatic imine (C=N–C) groups is 1. The number of thioether (sulfide) groups is 1. The van der Waals surface area contributed by atoms with Crippen LogP contribution in [0.4, 0.5) is 4.39 Å². The number of carbonyl (C=O) groups excluding carboxylic acids is 1. The van der Waals surface area contributed by atoms with E-state index in [1.54, 1.807) is 12.1 Å². The molecule has 0 aromatic heterocycles. The molecule has 1 unspecified atom stereocenters. The molecule has 1 amide bonds. The van der Waals surface area contributed by atoms with Crippen LogP contribution in [0.5, 0.6) is 0 Å². The van der Waals surface area contributed by atoms with E-state index >= 15 is 0 Å². The molecule has 5 nitrogen and oxygen atoms in total. The van der Waals surface area contributed by atoms with Gasteiger partial charge < -0.3 is 15.5 Å². The van der Waals surface area contributed by atoms with Gasteiger partial charge in [0, 0.05) is 42.2 Å². The summed E-state index contributed by atoms with van der Waals surface area (Å²) in [5, 5.41) is 6.65. The van der Waals surface area contributed by atoms with Crippen molar-refractivity contribution in [3.63, 3.8) is 0 Å². The van der Waals surface area contributed by atoms with Gasteiger partial charge in [0.15, 0.2) is 5.96 Å². The average molecular weight is 508 g/mol. The lowest BCUT2D eigenvalue weighted by molar-refractivity contribution is -0.133. The summed E-state index contributed by atoms with van der Waals surface area (Å²) in [6.45, 7) is 8.75. The summed E-state index contributed by atoms with van der Waals surface area (Å²) in [6.07, 6.45) is 0.923. The predicted molar refractivity (Wildman–Crippen MR) is 121 cm³/mol. The lowest BCUT2D eigenvalue weighted by Gasteiger charge is -2.20. The molecule has 1 atom stereocenters. The number of benzene rings is 1. The molecule has 27 heavy (non-hydrogen) atoms. The molecule has 1 aromatic rings. The Bertz CT molecular complexity index is 629.